The standard InChI is InChI=1S/C17H22FN3O2/c1-12-8-15(13-4-2-3-5-14(13)18)21(10-12)17(23)11-20-7-6-19-9-16(20)22/h2-5,12,15,19H,6-11H2,1H3/t12-,15+/m1/s1. The van der Waals surface area contributed by atoms with Crippen LogP contribution in [0.4, 0.5) is 4.39 Å². The third-order valence-corrected chi connectivity index (χ3v) is 4.61. The van der Waals surface area contributed by atoms with Gasteiger partial charge in [-0.3, -0.25) is 9.59 Å². The molecule has 2 atom stereocenters. The van der Waals surface area contributed by atoms with Crippen molar-refractivity contribution in [2.45, 2.75) is 19.4 Å². The van der Waals surface area contributed by atoms with E-state index in [0.717, 1.165) is 6.42 Å². The van der Waals surface area contributed by atoms with Crippen LogP contribution in [0.2, 0.25) is 0 Å². The predicted molar refractivity (Wildman–Crippen MR) is 84.1 cm³/mol. The van der Waals surface area contributed by atoms with Crippen LogP contribution >= 0.6 is 0 Å². The highest BCUT2D eigenvalue weighted by molar-refractivity contribution is 5.86. The highest BCUT2D eigenvalue weighted by Crippen LogP contribution is 2.36. The average Bonchev–Trinajstić information content (AvgIpc) is 2.92. The SMILES string of the molecule is C[C@@H]1C[C@@H](c2ccccc2F)N(C(=O)CN2CCNCC2=O)C1. The second-order valence-electron chi connectivity index (χ2n) is 6.42. The lowest BCUT2D eigenvalue weighted by atomic mass is 10.0. The normalized spacial score (nSPS) is 25.0. The number of hydrogen-bond acceptors (Lipinski definition) is 3. The third kappa shape index (κ3) is 3.37. The topological polar surface area (TPSA) is 52.7 Å². The Morgan fingerprint density at radius 1 is 1.39 bits per heavy atom. The summed E-state index contributed by atoms with van der Waals surface area (Å²) >= 11 is 0. The van der Waals surface area contributed by atoms with Gasteiger partial charge in [-0.15, -0.1) is 0 Å². The summed E-state index contributed by atoms with van der Waals surface area (Å²) in [5, 5.41) is 2.99. The van der Waals surface area contributed by atoms with Gasteiger partial charge in [-0.25, -0.2) is 4.39 Å². The van der Waals surface area contributed by atoms with E-state index in [9.17, 15) is 14.0 Å². The van der Waals surface area contributed by atoms with Crippen LogP contribution < -0.4 is 5.32 Å². The van der Waals surface area contributed by atoms with Crippen LogP contribution in [-0.2, 0) is 9.59 Å². The van der Waals surface area contributed by atoms with E-state index in [1.165, 1.54) is 6.07 Å². The Morgan fingerprint density at radius 2 is 2.17 bits per heavy atom. The van der Waals surface area contributed by atoms with Gasteiger partial charge in [0, 0.05) is 25.2 Å². The third-order valence-electron chi connectivity index (χ3n) is 4.61. The molecule has 2 saturated heterocycles. The molecule has 3 rings (SSSR count). The van der Waals surface area contributed by atoms with Crippen LogP contribution in [0, 0.1) is 11.7 Å². The van der Waals surface area contributed by atoms with Crippen molar-refractivity contribution in [1.82, 2.24) is 15.1 Å². The molecule has 0 bridgehead atoms. The molecule has 6 heteroatoms. The Balaban J connectivity index is 1.75. The van der Waals surface area contributed by atoms with Crippen molar-refractivity contribution in [2.75, 3.05) is 32.7 Å². The van der Waals surface area contributed by atoms with Gasteiger partial charge < -0.3 is 15.1 Å². The van der Waals surface area contributed by atoms with Gasteiger partial charge in [-0.2, -0.15) is 0 Å². The van der Waals surface area contributed by atoms with Crippen LogP contribution in [0.3, 0.4) is 0 Å². The summed E-state index contributed by atoms with van der Waals surface area (Å²) in [5.41, 5.74) is 0.567. The van der Waals surface area contributed by atoms with Gasteiger partial charge in [0.1, 0.15) is 5.82 Å². The van der Waals surface area contributed by atoms with E-state index in [4.69, 9.17) is 0 Å². The molecule has 2 fully saturated rings. The quantitative estimate of drug-likeness (QED) is 0.910. The van der Waals surface area contributed by atoms with Crippen molar-refractivity contribution >= 4 is 11.8 Å². The second kappa shape index (κ2) is 6.66. The zero-order chi connectivity index (χ0) is 16.4. The summed E-state index contributed by atoms with van der Waals surface area (Å²) in [5.74, 6) is -0.109. The van der Waals surface area contributed by atoms with Crippen LogP contribution in [0.25, 0.3) is 0 Å². The molecule has 1 N–H and O–H groups in total. The van der Waals surface area contributed by atoms with Crippen molar-refractivity contribution in [3.63, 3.8) is 0 Å². The number of piperazine rings is 1. The summed E-state index contributed by atoms with van der Waals surface area (Å²) in [6, 6.07) is 6.39. The van der Waals surface area contributed by atoms with Crippen LogP contribution in [0.1, 0.15) is 24.9 Å². The first-order valence-electron chi connectivity index (χ1n) is 8.08. The van der Waals surface area contributed by atoms with E-state index in [1.807, 2.05) is 0 Å². The molecule has 124 valence electrons. The minimum Gasteiger partial charge on any atom is -0.334 e. The summed E-state index contributed by atoms with van der Waals surface area (Å²) < 4.78 is 14.1. The second-order valence-corrected chi connectivity index (χ2v) is 6.42. The Labute approximate surface area is 135 Å². The number of hydrogen-bond donors (Lipinski definition) is 1. The monoisotopic (exact) mass is 319 g/mol. The smallest absolute Gasteiger partial charge is 0.242 e. The molecular formula is C17H22FN3O2. The van der Waals surface area contributed by atoms with Gasteiger partial charge in [0.2, 0.25) is 11.8 Å². The molecule has 0 aliphatic carbocycles. The Hall–Kier alpha value is -1.95. The highest BCUT2D eigenvalue weighted by atomic mass is 19.1. The van der Waals surface area contributed by atoms with Crippen molar-refractivity contribution in [3.8, 4) is 0 Å². The van der Waals surface area contributed by atoms with Crippen molar-refractivity contribution in [2.24, 2.45) is 5.92 Å². The molecule has 1 aromatic rings. The number of likely N-dealkylation sites (tertiary alicyclic amines) is 1. The fourth-order valence-electron chi connectivity index (χ4n) is 3.43. The van der Waals surface area contributed by atoms with Gasteiger partial charge in [0.05, 0.1) is 19.1 Å². The number of nitrogens with zero attached hydrogens (tertiary/aromatic N) is 2. The first-order chi connectivity index (χ1) is 11.1. The maximum atomic E-state index is 14.1. The van der Waals surface area contributed by atoms with Gasteiger partial charge in [-0.1, -0.05) is 25.1 Å². The Morgan fingerprint density at radius 3 is 2.91 bits per heavy atom. The zero-order valence-corrected chi connectivity index (χ0v) is 13.3. The predicted octanol–water partition coefficient (Wildman–Crippen LogP) is 1.17. The molecule has 1 aromatic carbocycles. The maximum absolute atomic E-state index is 14.1. The number of benzene rings is 1. The molecule has 2 heterocycles. The molecule has 2 amide bonds. The lowest BCUT2D eigenvalue weighted by Gasteiger charge is -2.31. The molecule has 23 heavy (non-hydrogen) atoms. The molecule has 0 unspecified atom stereocenters. The lowest BCUT2D eigenvalue weighted by Crippen LogP contribution is -2.51. The summed E-state index contributed by atoms with van der Waals surface area (Å²) in [4.78, 5) is 27.9. The highest BCUT2D eigenvalue weighted by Gasteiger charge is 2.36. The molecule has 0 aromatic heterocycles. The van der Waals surface area contributed by atoms with Gasteiger partial charge >= 0.3 is 0 Å². The largest absolute Gasteiger partial charge is 0.334 e. The molecule has 5 nitrogen and oxygen atoms in total. The van der Waals surface area contributed by atoms with Crippen LogP contribution in [0.5, 0.6) is 0 Å². The number of amides is 2. The lowest BCUT2D eigenvalue weighted by molar-refractivity contribution is -0.141. The van der Waals surface area contributed by atoms with Crippen molar-refractivity contribution in [1.29, 1.82) is 0 Å². The van der Waals surface area contributed by atoms with Gasteiger partial charge in [0.15, 0.2) is 0 Å². The molecule has 0 saturated carbocycles. The summed E-state index contributed by atoms with van der Waals surface area (Å²) in [7, 11) is 0. The van der Waals surface area contributed by atoms with Crippen LogP contribution in [0.15, 0.2) is 24.3 Å². The number of rotatable bonds is 3. The van der Waals surface area contributed by atoms with E-state index >= 15 is 0 Å². The van der Waals surface area contributed by atoms with E-state index in [0.29, 0.717) is 31.1 Å². The van der Waals surface area contributed by atoms with Crippen molar-refractivity contribution < 1.29 is 14.0 Å². The zero-order valence-electron chi connectivity index (χ0n) is 13.3. The fraction of sp³-hybridized carbons (Fsp3) is 0.529. The number of carbonyl (C=O) groups is 2. The van der Waals surface area contributed by atoms with Crippen molar-refractivity contribution in [3.05, 3.63) is 35.6 Å². The van der Waals surface area contributed by atoms with Gasteiger partial charge in [-0.05, 0) is 18.4 Å². The number of carbonyl (C=O) groups excluding carboxylic acids is 2. The van der Waals surface area contributed by atoms with E-state index in [-0.39, 0.29) is 36.8 Å². The summed E-state index contributed by atoms with van der Waals surface area (Å²) in [6.07, 6.45) is 0.752. The molecule has 0 spiro atoms. The first kappa shape index (κ1) is 15.9. The van der Waals surface area contributed by atoms with Crippen LogP contribution in [-0.4, -0.2) is 54.3 Å². The average molecular weight is 319 g/mol. The fourth-order valence-corrected chi connectivity index (χ4v) is 3.43. The number of halogens is 1. The maximum Gasteiger partial charge on any atom is 0.242 e. The Kier molecular flexibility index (Phi) is 4.61. The Bertz CT molecular complexity index is 607. The first-order valence-corrected chi connectivity index (χ1v) is 8.08. The van der Waals surface area contributed by atoms with E-state index in [2.05, 4.69) is 12.2 Å². The van der Waals surface area contributed by atoms with Gasteiger partial charge in [0.25, 0.3) is 0 Å². The molecule has 2 aliphatic heterocycles. The van der Waals surface area contributed by atoms with E-state index in [1.54, 1.807) is 28.0 Å². The molecule has 0 radical (unpaired) electrons. The van der Waals surface area contributed by atoms with E-state index < -0.39 is 0 Å². The molecular weight excluding hydrogens is 297 g/mol. The minimum atomic E-state index is -0.275. The minimum absolute atomic E-state index is 0.0562. The summed E-state index contributed by atoms with van der Waals surface area (Å²) in [6.45, 7) is 4.28. The molecule has 2 aliphatic rings. The number of nitrogens with one attached hydrogen (secondary N) is 1.